The molecule has 21 heavy (non-hydrogen) atoms. The van der Waals surface area contributed by atoms with Crippen LogP contribution in [0.4, 0.5) is 0 Å². The van der Waals surface area contributed by atoms with Crippen molar-refractivity contribution >= 4 is 22.5 Å². The summed E-state index contributed by atoms with van der Waals surface area (Å²) < 4.78 is 2.45. The van der Waals surface area contributed by atoms with E-state index in [1.807, 2.05) is 12.1 Å². The van der Waals surface area contributed by atoms with Crippen LogP contribution < -0.4 is 5.32 Å². The Kier molecular flexibility index (Phi) is 3.21. The lowest BCUT2D eigenvalue weighted by molar-refractivity contribution is 0.658. The van der Waals surface area contributed by atoms with Crippen molar-refractivity contribution in [2.75, 3.05) is 13.1 Å². The Bertz CT molecular complexity index is 787. The molecule has 106 valence electrons. The Morgan fingerprint density at radius 1 is 0.905 bits per heavy atom. The van der Waals surface area contributed by atoms with Crippen molar-refractivity contribution in [3.8, 4) is 11.1 Å². The Balaban J connectivity index is 1.85. The largest absolute Gasteiger partial charge is 0.343 e. The molecule has 0 radical (unpaired) electrons. The van der Waals surface area contributed by atoms with Gasteiger partial charge in [-0.2, -0.15) is 0 Å². The van der Waals surface area contributed by atoms with Gasteiger partial charge in [-0.1, -0.05) is 35.9 Å². The van der Waals surface area contributed by atoms with Crippen molar-refractivity contribution in [1.29, 1.82) is 0 Å². The monoisotopic (exact) mass is 296 g/mol. The van der Waals surface area contributed by atoms with Gasteiger partial charge in [0.2, 0.25) is 0 Å². The van der Waals surface area contributed by atoms with Crippen LogP contribution in [-0.2, 0) is 13.0 Å². The summed E-state index contributed by atoms with van der Waals surface area (Å²) in [5.41, 5.74) is 5.23. The van der Waals surface area contributed by atoms with E-state index >= 15 is 0 Å². The average molecular weight is 297 g/mol. The molecule has 0 spiro atoms. The maximum absolute atomic E-state index is 5.98. The topological polar surface area (TPSA) is 17.0 Å². The molecule has 0 amide bonds. The minimum atomic E-state index is 0.780. The van der Waals surface area contributed by atoms with E-state index in [9.17, 15) is 0 Å². The molecule has 0 saturated carbocycles. The zero-order valence-corrected chi connectivity index (χ0v) is 12.5. The number of hydrogen-bond donors (Lipinski definition) is 1. The van der Waals surface area contributed by atoms with Gasteiger partial charge in [0.25, 0.3) is 0 Å². The number of fused-ring (bicyclic) bond motifs is 3. The van der Waals surface area contributed by atoms with Crippen LogP contribution in [0.15, 0.2) is 48.5 Å². The first kappa shape index (κ1) is 12.9. The van der Waals surface area contributed by atoms with E-state index in [1.54, 1.807) is 0 Å². The van der Waals surface area contributed by atoms with E-state index in [1.165, 1.54) is 27.7 Å². The third kappa shape index (κ3) is 2.35. The maximum atomic E-state index is 5.98. The second-order valence-electron chi connectivity index (χ2n) is 5.57. The smallest absolute Gasteiger partial charge is 0.0489 e. The predicted molar refractivity (Wildman–Crippen MR) is 89.0 cm³/mol. The van der Waals surface area contributed by atoms with Crippen molar-refractivity contribution in [3.05, 3.63) is 59.2 Å². The highest BCUT2D eigenvalue weighted by molar-refractivity contribution is 6.30. The third-order valence-corrected chi connectivity index (χ3v) is 4.49. The summed E-state index contributed by atoms with van der Waals surface area (Å²) >= 11 is 5.98. The molecule has 0 atom stereocenters. The van der Waals surface area contributed by atoms with Crippen LogP contribution in [-0.4, -0.2) is 17.7 Å². The minimum Gasteiger partial charge on any atom is -0.343 e. The highest BCUT2D eigenvalue weighted by atomic mass is 35.5. The molecule has 4 rings (SSSR count). The van der Waals surface area contributed by atoms with E-state index in [4.69, 9.17) is 11.6 Å². The van der Waals surface area contributed by atoms with E-state index in [0.717, 1.165) is 31.1 Å². The van der Waals surface area contributed by atoms with Crippen molar-refractivity contribution in [2.45, 2.75) is 13.0 Å². The molecule has 3 heteroatoms. The van der Waals surface area contributed by atoms with Gasteiger partial charge in [0.05, 0.1) is 0 Å². The molecule has 2 aromatic carbocycles. The molecule has 0 aliphatic carbocycles. The fourth-order valence-electron chi connectivity index (χ4n) is 3.14. The number of nitrogens with one attached hydrogen (secondary N) is 1. The molecule has 0 bridgehead atoms. The number of nitrogens with zero attached hydrogens (tertiary/aromatic N) is 1. The van der Waals surface area contributed by atoms with Crippen LogP contribution >= 0.6 is 11.6 Å². The second kappa shape index (κ2) is 5.21. The highest BCUT2D eigenvalue weighted by Crippen LogP contribution is 2.28. The molecule has 0 fully saturated rings. The summed E-state index contributed by atoms with van der Waals surface area (Å²) in [5.74, 6) is 0. The Morgan fingerprint density at radius 2 is 1.71 bits per heavy atom. The predicted octanol–water partition coefficient (Wildman–Crippen LogP) is 4.11. The fraction of sp³-hybridized carbons (Fsp3) is 0.222. The quantitative estimate of drug-likeness (QED) is 0.715. The highest BCUT2D eigenvalue weighted by Gasteiger charge is 2.12. The maximum Gasteiger partial charge on any atom is 0.0489 e. The number of halogens is 1. The SMILES string of the molecule is Clc1ccc(-c2ccc3cc4n(c3c2)CCNCC4)cc1. The standard InChI is InChI=1S/C18H17ClN2/c19-16-5-3-13(4-6-16)14-1-2-15-11-17-7-8-20-9-10-21(17)18(15)12-14/h1-6,11-12,20H,7-10H2. The van der Waals surface area contributed by atoms with Gasteiger partial charge in [0, 0.05) is 42.3 Å². The van der Waals surface area contributed by atoms with Gasteiger partial charge < -0.3 is 9.88 Å². The molecule has 2 nitrogen and oxygen atoms in total. The first-order valence-electron chi connectivity index (χ1n) is 7.40. The fourth-order valence-corrected chi connectivity index (χ4v) is 3.26. The molecule has 1 N–H and O–H groups in total. The van der Waals surface area contributed by atoms with Crippen molar-refractivity contribution in [1.82, 2.24) is 9.88 Å². The molecule has 2 heterocycles. The number of rotatable bonds is 1. The molecule has 0 unspecified atom stereocenters. The van der Waals surface area contributed by atoms with E-state index in [2.05, 4.69) is 46.3 Å². The number of aromatic nitrogens is 1. The van der Waals surface area contributed by atoms with Gasteiger partial charge in [0.15, 0.2) is 0 Å². The van der Waals surface area contributed by atoms with Crippen LogP contribution in [0.25, 0.3) is 22.0 Å². The summed E-state index contributed by atoms with van der Waals surface area (Å²) in [6, 6.07) is 17.1. The molecule has 1 aliphatic heterocycles. The summed E-state index contributed by atoms with van der Waals surface area (Å²) in [4.78, 5) is 0. The van der Waals surface area contributed by atoms with E-state index in [0.29, 0.717) is 0 Å². The molecule has 3 aromatic rings. The van der Waals surface area contributed by atoms with Crippen LogP contribution in [0.1, 0.15) is 5.69 Å². The molecule has 1 aliphatic rings. The van der Waals surface area contributed by atoms with Crippen LogP contribution in [0, 0.1) is 0 Å². The van der Waals surface area contributed by atoms with Gasteiger partial charge >= 0.3 is 0 Å². The van der Waals surface area contributed by atoms with Gasteiger partial charge in [-0.15, -0.1) is 0 Å². The van der Waals surface area contributed by atoms with E-state index < -0.39 is 0 Å². The Hall–Kier alpha value is -1.77. The van der Waals surface area contributed by atoms with Crippen LogP contribution in [0.3, 0.4) is 0 Å². The minimum absolute atomic E-state index is 0.780. The lowest BCUT2D eigenvalue weighted by Gasteiger charge is -2.08. The lowest BCUT2D eigenvalue weighted by Crippen LogP contribution is -2.17. The summed E-state index contributed by atoms with van der Waals surface area (Å²) in [6.45, 7) is 3.16. The van der Waals surface area contributed by atoms with Crippen molar-refractivity contribution < 1.29 is 0 Å². The molecule has 1 aromatic heterocycles. The van der Waals surface area contributed by atoms with E-state index in [-0.39, 0.29) is 0 Å². The zero-order valence-electron chi connectivity index (χ0n) is 11.8. The number of benzene rings is 2. The van der Waals surface area contributed by atoms with Crippen molar-refractivity contribution in [2.24, 2.45) is 0 Å². The molecule has 0 saturated heterocycles. The van der Waals surface area contributed by atoms with Gasteiger partial charge in [-0.25, -0.2) is 0 Å². The van der Waals surface area contributed by atoms with Crippen LogP contribution in [0.5, 0.6) is 0 Å². The zero-order chi connectivity index (χ0) is 14.2. The Morgan fingerprint density at radius 3 is 2.57 bits per heavy atom. The average Bonchev–Trinajstić information content (AvgIpc) is 2.68. The van der Waals surface area contributed by atoms with Gasteiger partial charge in [-0.05, 0) is 40.8 Å². The summed E-state index contributed by atoms with van der Waals surface area (Å²) in [6.07, 6.45) is 1.10. The first-order valence-corrected chi connectivity index (χ1v) is 7.78. The normalized spacial score (nSPS) is 14.9. The van der Waals surface area contributed by atoms with Crippen LogP contribution in [0.2, 0.25) is 5.02 Å². The third-order valence-electron chi connectivity index (χ3n) is 4.24. The summed E-state index contributed by atoms with van der Waals surface area (Å²) in [5, 5.41) is 5.58. The first-order chi connectivity index (χ1) is 10.3. The van der Waals surface area contributed by atoms with Crippen molar-refractivity contribution in [3.63, 3.8) is 0 Å². The Labute approximate surface area is 129 Å². The second-order valence-corrected chi connectivity index (χ2v) is 6.00. The molecular weight excluding hydrogens is 280 g/mol. The molecular formula is C18H17ClN2. The lowest BCUT2D eigenvalue weighted by atomic mass is 10.0. The van der Waals surface area contributed by atoms with Gasteiger partial charge in [-0.3, -0.25) is 0 Å². The van der Waals surface area contributed by atoms with Gasteiger partial charge in [0.1, 0.15) is 0 Å². The number of hydrogen-bond acceptors (Lipinski definition) is 1. The summed E-state index contributed by atoms with van der Waals surface area (Å²) in [7, 11) is 0.